The van der Waals surface area contributed by atoms with Gasteiger partial charge in [0.2, 0.25) is 0 Å². The highest BCUT2D eigenvalue weighted by Gasteiger charge is 2.10. The minimum absolute atomic E-state index is 0.155. The van der Waals surface area contributed by atoms with Crippen molar-refractivity contribution in [3.05, 3.63) is 57.5 Å². The minimum atomic E-state index is -0.399. The number of benzene rings is 2. The van der Waals surface area contributed by atoms with Crippen LogP contribution in [0.2, 0.25) is 5.02 Å². The van der Waals surface area contributed by atoms with Crippen LogP contribution < -0.4 is 10.1 Å². The number of hydrogen-bond acceptors (Lipinski definition) is 4. The summed E-state index contributed by atoms with van der Waals surface area (Å²) >= 11 is 9.17. The van der Waals surface area contributed by atoms with Crippen molar-refractivity contribution in [3.63, 3.8) is 0 Å². The summed E-state index contributed by atoms with van der Waals surface area (Å²) in [6, 6.07) is 11.5. The summed E-state index contributed by atoms with van der Waals surface area (Å²) in [5.74, 6) is -0.200. The summed E-state index contributed by atoms with van der Waals surface area (Å²) in [5.41, 5.74) is 0.984. The molecule has 0 fully saturated rings. The molecule has 0 saturated heterocycles. The topological polar surface area (TPSA) is 64.6 Å². The Hall–Kier alpha value is -2.05. The van der Waals surface area contributed by atoms with Crippen LogP contribution in [0, 0.1) is 0 Å². The Morgan fingerprint density at radius 2 is 1.84 bits per heavy atom. The predicted molar refractivity (Wildman–Crippen MR) is 100 cm³/mol. The van der Waals surface area contributed by atoms with Gasteiger partial charge >= 0.3 is 5.97 Å². The summed E-state index contributed by atoms with van der Waals surface area (Å²) in [4.78, 5) is 23.7. The summed E-state index contributed by atoms with van der Waals surface area (Å²) in [6.07, 6.45) is -0.184. The van der Waals surface area contributed by atoms with Crippen molar-refractivity contribution >= 4 is 45.1 Å². The monoisotopic (exact) mass is 425 g/mol. The zero-order valence-corrected chi connectivity index (χ0v) is 16.1. The van der Waals surface area contributed by atoms with Gasteiger partial charge in [-0.15, -0.1) is 0 Å². The highest BCUT2D eigenvalue weighted by Crippen LogP contribution is 2.27. The fourth-order valence-electron chi connectivity index (χ4n) is 1.90. The van der Waals surface area contributed by atoms with Crippen LogP contribution in [0.15, 0.2) is 46.9 Å². The van der Waals surface area contributed by atoms with E-state index in [4.69, 9.17) is 21.1 Å². The molecule has 0 spiro atoms. The molecular formula is C18H17BrClNO4. The maximum absolute atomic E-state index is 12.0. The van der Waals surface area contributed by atoms with Crippen molar-refractivity contribution in [1.82, 2.24) is 0 Å². The van der Waals surface area contributed by atoms with Crippen LogP contribution in [0.4, 0.5) is 5.69 Å². The Labute approximate surface area is 159 Å². The van der Waals surface area contributed by atoms with Crippen LogP contribution in [0.25, 0.3) is 0 Å². The van der Waals surface area contributed by atoms with Crippen LogP contribution in [0.1, 0.15) is 24.2 Å². The summed E-state index contributed by atoms with van der Waals surface area (Å²) in [6.45, 7) is 3.41. The average Bonchev–Trinajstić information content (AvgIpc) is 2.54. The first-order valence-electron chi connectivity index (χ1n) is 7.54. The maximum atomic E-state index is 12.0. The minimum Gasteiger partial charge on any atom is -0.483 e. The molecule has 0 aromatic heterocycles. The van der Waals surface area contributed by atoms with Crippen LogP contribution in [-0.4, -0.2) is 24.6 Å². The van der Waals surface area contributed by atoms with Crippen molar-refractivity contribution in [2.75, 3.05) is 11.9 Å². The number of rotatable bonds is 6. The van der Waals surface area contributed by atoms with Crippen molar-refractivity contribution in [3.8, 4) is 5.75 Å². The lowest BCUT2D eigenvalue weighted by Crippen LogP contribution is -2.20. The van der Waals surface area contributed by atoms with Crippen molar-refractivity contribution in [2.45, 2.75) is 20.0 Å². The molecule has 2 aromatic carbocycles. The van der Waals surface area contributed by atoms with Gasteiger partial charge in [-0.1, -0.05) is 11.6 Å². The van der Waals surface area contributed by atoms with Gasteiger partial charge in [0.25, 0.3) is 5.91 Å². The summed E-state index contributed by atoms with van der Waals surface area (Å²) in [7, 11) is 0. The highest BCUT2D eigenvalue weighted by atomic mass is 79.9. The molecule has 7 heteroatoms. The Balaban J connectivity index is 1.89. The van der Waals surface area contributed by atoms with Crippen LogP contribution >= 0.6 is 27.5 Å². The molecule has 0 heterocycles. The number of anilines is 1. The van der Waals surface area contributed by atoms with Gasteiger partial charge < -0.3 is 14.8 Å². The second kappa shape index (κ2) is 8.87. The lowest BCUT2D eigenvalue weighted by Gasteiger charge is -2.10. The first-order chi connectivity index (χ1) is 11.8. The quantitative estimate of drug-likeness (QED) is 0.681. The lowest BCUT2D eigenvalue weighted by molar-refractivity contribution is -0.118. The molecule has 0 saturated carbocycles. The van der Waals surface area contributed by atoms with E-state index in [-0.39, 0.29) is 18.6 Å². The smallest absolute Gasteiger partial charge is 0.338 e. The summed E-state index contributed by atoms with van der Waals surface area (Å²) < 4.78 is 11.2. The van der Waals surface area contributed by atoms with Gasteiger partial charge in [0.05, 0.1) is 16.1 Å². The van der Waals surface area contributed by atoms with E-state index in [2.05, 4.69) is 21.2 Å². The van der Waals surface area contributed by atoms with Gasteiger partial charge in [0.15, 0.2) is 6.61 Å². The van der Waals surface area contributed by atoms with E-state index in [1.54, 1.807) is 56.3 Å². The third-order valence-electron chi connectivity index (χ3n) is 3.00. The van der Waals surface area contributed by atoms with E-state index in [0.717, 1.165) is 0 Å². The van der Waals surface area contributed by atoms with Gasteiger partial charge in [-0.3, -0.25) is 4.79 Å². The van der Waals surface area contributed by atoms with Gasteiger partial charge in [-0.25, -0.2) is 4.79 Å². The molecule has 132 valence electrons. The molecule has 0 unspecified atom stereocenters. The molecule has 5 nitrogen and oxygen atoms in total. The predicted octanol–water partition coefficient (Wildman–Crippen LogP) is 4.69. The molecule has 0 aliphatic rings. The number of carbonyl (C=O) groups is 2. The Kier molecular flexibility index (Phi) is 6.84. The number of hydrogen-bond donors (Lipinski definition) is 1. The summed E-state index contributed by atoms with van der Waals surface area (Å²) in [5, 5.41) is 3.26. The molecule has 1 N–H and O–H groups in total. The number of nitrogens with one attached hydrogen (secondary N) is 1. The number of esters is 1. The van der Waals surface area contributed by atoms with Crippen molar-refractivity contribution < 1.29 is 19.1 Å². The third kappa shape index (κ3) is 6.07. The number of amides is 1. The van der Waals surface area contributed by atoms with Crippen LogP contribution in [0.5, 0.6) is 5.75 Å². The van der Waals surface area contributed by atoms with E-state index in [1.165, 1.54) is 0 Å². The van der Waals surface area contributed by atoms with Crippen LogP contribution in [0.3, 0.4) is 0 Å². The number of halogens is 2. The zero-order valence-electron chi connectivity index (χ0n) is 13.7. The molecule has 0 bridgehead atoms. The fraction of sp³-hybridized carbons (Fsp3) is 0.222. The Morgan fingerprint density at radius 3 is 2.44 bits per heavy atom. The van der Waals surface area contributed by atoms with Crippen molar-refractivity contribution in [1.29, 1.82) is 0 Å². The van der Waals surface area contributed by atoms with Gasteiger partial charge in [-0.2, -0.15) is 0 Å². The van der Waals surface area contributed by atoms with E-state index >= 15 is 0 Å². The third-order valence-corrected chi connectivity index (χ3v) is 3.85. The van der Waals surface area contributed by atoms with E-state index in [0.29, 0.717) is 26.5 Å². The van der Waals surface area contributed by atoms with E-state index in [9.17, 15) is 9.59 Å². The largest absolute Gasteiger partial charge is 0.483 e. The molecule has 0 aliphatic carbocycles. The normalized spacial score (nSPS) is 10.4. The first kappa shape index (κ1) is 19.3. The van der Waals surface area contributed by atoms with Gasteiger partial charge in [0.1, 0.15) is 5.75 Å². The van der Waals surface area contributed by atoms with E-state index in [1.807, 2.05) is 0 Å². The first-order valence-corrected chi connectivity index (χ1v) is 8.71. The molecule has 0 atom stereocenters. The molecule has 0 aliphatic heterocycles. The lowest BCUT2D eigenvalue weighted by atomic mass is 10.2. The fourth-order valence-corrected chi connectivity index (χ4v) is 2.70. The van der Waals surface area contributed by atoms with Gasteiger partial charge in [-0.05, 0) is 72.2 Å². The molecular weight excluding hydrogens is 410 g/mol. The maximum Gasteiger partial charge on any atom is 0.338 e. The second-order valence-corrected chi connectivity index (χ2v) is 6.73. The molecule has 2 aromatic rings. The molecule has 25 heavy (non-hydrogen) atoms. The molecule has 1 amide bonds. The average molecular weight is 427 g/mol. The van der Waals surface area contributed by atoms with E-state index < -0.39 is 5.97 Å². The SMILES string of the molecule is CC(C)OC(=O)c1ccc(NC(=O)COc2ccc(Cl)cc2Br)cc1. The number of carbonyl (C=O) groups excluding carboxylic acids is 2. The van der Waals surface area contributed by atoms with Gasteiger partial charge in [0, 0.05) is 10.7 Å². The van der Waals surface area contributed by atoms with Crippen molar-refractivity contribution in [2.24, 2.45) is 0 Å². The Bertz CT molecular complexity index is 762. The standard InChI is InChI=1S/C18H17BrClNO4/c1-11(2)25-18(23)12-3-6-14(7-4-12)21-17(22)10-24-16-8-5-13(20)9-15(16)19/h3-9,11H,10H2,1-2H3,(H,21,22). The van der Waals surface area contributed by atoms with Crippen LogP contribution in [-0.2, 0) is 9.53 Å². The zero-order chi connectivity index (χ0) is 18.4. The molecule has 2 rings (SSSR count). The highest BCUT2D eigenvalue weighted by molar-refractivity contribution is 9.10. The molecule has 0 radical (unpaired) electrons. The number of ether oxygens (including phenoxy) is 2. The Morgan fingerprint density at radius 1 is 1.16 bits per heavy atom. The second-order valence-electron chi connectivity index (χ2n) is 5.44.